The molecule has 0 unspecified atom stereocenters. The Morgan fingerprint density at radius 2 is 1.82 bits per heavy atom. The molecule has 5 nitrogen and oxygen atoms in total. The molecule has 122 valence electrons. The minimum Gasteiger partial charge on any atom is -0.362 e. The predicted octanol–water partition coefficient (Wildman–Crippen LogP) is 2.56. The van der Waals surface area contributed by atoms with Crippen LogP contribution in [-0.2, 0) is 10.0 Å². The first-order chi connectivity index (χ1) is 10.5. The fourth-order valence-electron chi connectivity index (χ4n) is 2.38. The zero-order valence-corrected chi connectivity index (χ0v) is 14.5. The van der Waals surface area contributed by atoms with E-state index in [4.69, 9.17) is 12.2 Å². The zero-order chi connectivity index (χ0) is 16.0. The number of benzene rings is 1. The van der Waals surface area contributed by atoms with Crippen LogP contribution in [0.3, 0.4) is 0 Å². The van der Waals surface area contributed by atoms with Gasteiger partial charge in [-0.25, -0.2) is 8.42 Å². The van der Waals surface area contributed by atoms with Crippen molar-refractivity contribution in [2.24, 2.45) is 0 Å². The minimum atomic E-state index is -3.36. The standard InChI is InChI=1S/C15H23N3O2S2/c1-2-10-16-15(21)17-13-6-8-14(9-7-13)22(19,20)18-11-4-3-5-12-18/h6-9H,2-5,10-12H2,1H3,(H2,16,17,21). The lowest BCUT2D eigenvalue weighted by molar-refractivity contribution is 0.346. The van der Waals surface area contributed by atoms with Crippen molar-refractivity contribution in [2.45, 2.75) is 37.5 Å². The van der Waals surface area contributed by atoms with Crippen LogP contribution in [0.2, 0.25) is 0 Å². The number of rotatable bonds is 5. The van der Waals surface area contributed by atoms with E-state index in [1.807, 2.05) is 0 Å². The number of nitrogens with zero attached hydrogens (tertiary/aromatic N) is 1. The van der Waals surface area contributed by atoms with Gasteiger partial charge < -0.3 is 10.6 Å². The molecular formula is C15H23N3O2S2. The lowest BCUT2D eigenvalue weighted by atomic mass is 10.2. The van der Waals surface area contributed by atoms with E-state index in [2.05, 4.69) is 17.6 Å². The molecule has 0 amide bonds. The summed E-state index contributed by atoms with van der Waals surface area (Å²) in [4.78, 5) is 0.340. The molecule has 0 saturated carbocycles. The maximum atomic E-state index is 12.5. The Kier molecular flexibility index (Phi) is 6.16. The van der Waals surface area contributed by atoms with Crippen molar-refractivity contribution >= 4 is 33.0 Å². The normalized spacial score (nSPS) is 16.2. The van der Waals surface area contributed by atoms with Crippen LogP contribution in [0, 0.1) is 0 Å². The Bertz CT molecular complexity index is 594. The van der Waals surface area contributed by atoms with E-state index in [9.17, 15) is 8.42 Å². The third-order valence-corrected chi connectivity index (χ3v) is 5.76. The quantitative estimate of drug-likeness (QED) is 0.806. The van der Waals surface area contributed by atoms with Crippen molar-refractivity contribution in [3.8, 4) is 0 Å². The second-order valence-electron chi connectivity index (χ2n) is 5.37. The van der Waals surface area contributed by atoms with Gasteiger partial charge in [0.25, 0.3) is 0 Å². The average Bonchev–Trinajstić information content (AvgIpc) is 2.54. The van der Waals surface area contributed by atoms with Crippen molar-refractivity contribution in [3.05, 3.63) is 24.3 Å². The van der Waals surface area contributed by atoms with E-state index >= 15 is 0 Å². The molecule has 0 aliphatic carbocycles. The largest absolute Gasteiger partial charge is 0.362 e. The summed E-state index contributed by atoms with van der Waals surface area (Å²) in [6.07, 6.45) is 3.98. The molecule has 0 bridgehead atoms. The van der Waals surface area contributed by atoms with E-state index < -0.39 is 10.0 Å². The van der Waals surface area contributed by atoms with E-state index in [-0.39, 0.29) is 0 Å². The van der Waals surface area contributed by atoms with Crippen LogP contribution in [0.5, 0.6) is 0 Å². The van der Waals surface area contributed by atoms with Gasteiger partial charge in [-0.05, 0) is 55.7 Å². The molecule has 1 aliphatic rings. The Balaban J connectivity index is 2.03. The van der Waals surface area contributed by atoms with Crippen molar-refractivity contribution in [1.29, 1.82) is 0 Å². The van der Waals surface area contributed by atoms with E-state index in [1.54, 1.807) is 28.6 Å². The summed E-state index contributed by atoms with van der Waals surface area (Å²) >= 11 is 5.16. The monoisotopic (exact) mass is 341 g/mol. The summed E-state index contributed by atoms with van der Waals surface area (Å²) in [5.41, 5.74) is 0.784. The molecule has 22 heavy (non-hydrogen) atoms. The Hall–Kier alpha value is -1.18. The maximum Gasteiger partial charge on any atom is 0.243 e. The number of hydrogen-bond acceptors (Lipinski definition) is 3. The highest BCUT2D eigenvalue weighted by Crippen LogP contribution is 2.21. The number of piperidine rings is 1. The molecule has 0 aromatic heterocycles. The molecule has 1 heterocycles. The van der Waals surface area contributed by atoms with Crippen molar-refractivity contribution in [3.63, 3.8) is 0 Å². The zero-order valence-electron chi connectivity index (χ0n) is 12.8. The van der Waals surface area contributed by atoms with Crippen LogP contribution in [0.15, 0.2) is 29.2 Å². The van der Waals surface area contributed by atoms with Gasteiger partial charge in [0, 0.05) is 25.3 Å². The first-order valence-corrected chi connectivity index (χ1v) is 9.54. The van der Waals surface area contributed by atoms with Gasteiger partial charge in [-0.1, -0.05) is 13.3 Å². The van der Waals surface area contributed by atoms with Gasteiger partial charge in [0.1, 0.15) is 0 Å². The van der Waals surface area contributed by atoms with Gasteiger partial charge in [0.05, 0.1) is 4.90 Å². The second-order valence-corrected chi connectivity index (χ2v) is 7.72. The van der Waals surface area contributed by atoms with Gasteiger partial charge in [-0.15, -0.1) is 0 Å². The molecule has 7 heteroatoms. The van der Waals surface area contributed by atoms with Gasteiger partial charge in [0.15, 0.2) is 5.11 Å². The summed E-state index contributed by atoms with van der Waals surface area (Å²) in [6, 6.07) is 6.76. The third kappa shape index (κ3) is 4.41. The first-order valence-electron chi connectivity index (χ1n) is 7.69. The molecule has 1 aromatic rings. The maximum absolute atomic E-state index is 12.5. The van der Waals surface area contributed by atoms with Crippen LogP contribution in [0.4, 0.5) is 5.69 Å². The number of anilines is 1. The van der Waals surface area contributed by atoms with Gasteiger partial charge in [-0.3, -0.25) is 0 Å². The first kappa shape index (κ1) is 17.2. The molecule has 1 fully saturated rings. The van der Waals surface area contributed by atoms with E-state index in [0.29, 0.717) is 23.1 Å². The molecule has 2 N–H and O–H groups in total. The minimum absolute atomic E-state index is 0.340. The molecule has 1 saturated heterocycles. The summed E-state index contributed by atoms with van der Waals surface area (Å²) in [7, 11) is -3.36. The highest BCUT2D eigenvalue weighted by atomic mass is 32.2. The molecule has 1 aromatic carbocycles. The fourth-order valence-corrected chi connectivity index (χ4v) is 4.12. The van der Waals surface area contributed by atoms with Crippen molar-refractivity contribution in [1.82, 2.24) is 9.62 Å². The Morgan fingerprint density at radius 1 is 1.18 bits per heavy atom. The number of thiocarbonyl (C=S) groups is 1. The van der Waals surface area contributed by atoms with Gasteiger partial charge in [0.2, 0.25) is 10.0 Å². The Morgan fingerprint density at radius 3 is 2.41 bits per heavy atom. The van der Waals surface area contributed by atoms with Crippen molar-refractivity contribution < 1.29 is 8.42 Å². The summed E-state index contributed by atoms with van der Waals surface area (Å²) < 4.78 is 26.6. The van der Waals surface area contributed by atoms with Gasteiger partial charge in [-0.2, -0.15) is 4.31 Å². The highest BCUT2D eigenvalue weighted by molar-refractivity contribution is 7.89. The van der Waals surface area contributed by atoms with Crippen molar-refractivity contribution in [2.75, 3.05) is 25.0 Å². The fraction of sp³-hybridized carbons (Fsp3) is 0.533. The molecule has 1 aliphatic heterocycles. The SMILES string of the molecule is CCCNC(=S)Nc1ccc(S(=O)(=O)N2CCCCC2)cc1. The smallest absolute Gasteiger partial charge is 0.243 e. The number of hydrogen-bond donors (Lipinski definition) is 2. The Labute approximate surface area is 138 Å². The van der Waals surface area contributed by atoms with Gasteiger partial charge >= 0.3 is 0 Å². The second kappa shape index (κ2) is 7.89. The molecule has 2 rings (SSSR count). The molecule has 0 spiro atoms. The number of nitrogens with one attached hydrogen (secondary N) is 2. The highest BCUT2D eigenvalue weighted by Gasteiger charge is 2.25. The average molecular weight is 342 g/mol. The predicted molar refractivity (Wildman–Crippen MR) is 93.6 cm³/mol. The number of sulfonamides is 1. The van der Waals surface area contributed by atoms with Crippen LogP contribution in [0.1, 0.15) is 32.6 Å². The third-order valence-electron chi connectivity index (χ3n) is 3.60. The lowest BCUT2D eigenvalue weighted by Crippen LogP contribution is -2.35. The van der Waals surface area contributed by atoms with Crippen LogP contribution in [0.25, 0.3) is 0 Å². The van der Waals surface area contributed by atoms with E-state index in [0.717, 1.165) is 37.9 Å². The van der Waals surface area contributed by atoms with Crippen LogP contribution < -0.4 is 10.6 Å². The topological polar surface area (TPSA) is 61.4 Å². The summed E-state index contributed by atoms with van der Waals surface area (Å²) in [5.74, 6) is 0. The lowest BCUT2D eigenvalue weighted by Gasteiger charge is -2.25. The van der Waals surface area contributed by atoms with Crippen LogP contribution >= 0.6 is 12.2 Å². The molecular weight excluding hydrogens is 318 g/mol. The molecule has 0 atom stereocenters. The van der Waals surface area contributed by atoms with E-state index in [1.165, 1.54) is 0 Å². The summed E-state index contributed by atoms with van der Waals surface area (Å²) in [5, 5.41) is 6.67. The molecule has 0 radical (unpaired) electrons. The summed E-state index contributed by atoms with van der Waals surface area (Å²) in [6.45, 7) is 4.11. The van der Waals surface area contributed by atoms with Crippen LogP contribution in [-0.4, -0.2) is 37.5 Å².